The molecule has 202 valence electrons. The lowest BCUT2D eigenvalue weighted by Crippen LogP contribution is -2.47. The van der Waals surface area contributed by atoms with Crippen LogP contribution in [0.2, 0.25) is 0 Å². The lowest BCUT2D eigenvalue weighted by Gasteiger charge is -2.39. The molecule has 1 heterocycles. The van der Waals surface area contributed by atoms with Gasteiger partial charge in [0.15, 0.2) is 0 Å². The van der Waals surface area contributed by atoms with Crippen molar-refractivity contribution in [3.63, 3.8) is 0 Å². The van der Waals surface area contributed by atoms with E-state index in [-0.39, 0.29) is 36.5 Å². The third-order valence-electron chi connectivity index (χ3n) is 8.04. The number of benzene rings is 1. The van der Waals surface area contributed by atoms with Crippen molar-refractivity contribution in [2.45, 2.75) is 82.8 Å². The van der Waals surface area contributed by atoms with Gasteiger partial charge in [0.25, 0.3) is 0 Å². The van der Waals surface area contributed by atoms with E-state index in [1.165, 1.54) is 4.90 Å². The van der Waals surface area contributed by atoms with Crippen LogP contribution in [-0.4, -0.2) is 41.1 Å². The molecule has 1 unspecified atom stereocenters. The van der Waals surface area contributed by atoms with E-state index >= 15 is 0 Å². The smallest absolute Gasteiger partial charge is 0.390 e. The molecule has 0 aromatic heterocycles. The van der Waals surface area contributed by atoms with Gasteiger partial charge >= 0.3 is 12.4 Å². The van der Waals surface area contributed by atoms with Crippen LogP contribution in [0.5, 0.6) is 0 Å². The first-order chi connectivity index (χ1) is 16.7. The molecule has 4 rings (SSSR count). The van der Waals surface area contributed by atoms with Crippen LogP contribution >= 0.6 is 0 Å². The van der Waals surface area contributed by atoms with Crippen LogP contribution in [0.1, 0.15) is 75.0 Å². The summed E-state index contributed by atoms with van der Waals surface area (Å²) >= 11 is 0. The number of carbonyl (C=O) groups is 1. The van der Waals surface area contributed by atoms with Gasteiger partial charge in [0, 0.05) is 19.6 Å². The van der Waals surface area contributed by atoms with Crippen LogP contribution in [0.15, 0.2) is 18.2 Å². The molecule has 2 N–H and O–H groups in total. The summed E-state index contributed by atoms with van der Waals surface area (Å²) in [4.78, 5) is 15.5. The third-order valence-corrected chi connectivity index (χ3v) is 8.04. The molecule has 0 spiro atoms. The summed E-state index contributed by atoms with van der Waals surface area (Å²) in [6, 6.07) is 1.57. The van der Waals surface area contributed by atoms with Crippen LogP contribution in [0.4, 0.5) is 26.3 Å². The number of aliphatic hydroxyl groups is 1. The first-order valence-electron chi connectivity index (χ1n) is 12.7. The number of nitrogens with one attached hydrogen (secondary N) is 1. The number of amides is 1. The van der Waals surface area contributed by atoms with Crippen molar-refractivity contribution < 1.29 is 36.2 Å². The molecule has 3 fully saturated rings. The van der Waals surface area contributed by atoms with Crippen molar-refractivity contribution in [2.24, 2.45) is 17.3 Å². The number of hydrogen-bond donors (Lipinski definition) is 2. The highest BCUT2D eigenvalue weighted by atomic mass is 19.4. The largest absolute Gasteiger partial charge is 0.416 e. The molecular formula is C26H34F6N2O2. The molecule has 36 heavy (non-hydrogen) atoms. The fraction of sp³-hybridized carbons (Fsp3) is 0.731. The fourth-order valence-electron chi connectivity index (χ4n) is 5.74. The number of nitrogens with zero attached hydrogens (tertiary/aromatic N) is 1. The maximum atomic E-state index is 14.0. The Morgan fingerprint density at radius 3 is 2.03 bits per heavy atom. The zero-order valence-corrected chi connectivity index (χ0v) is 20.4. The summed E-state index contributed by atoms with van der Waals surface area (Å²) in [5.74, 6) is 0.267. The van der Waals surface area contributed by atoms with E-state index in [0.717, 1.165) is 25.0 Å². The summed E-state index contributed by atoms with van der Waals surface area (Å²) in [6.07, 6.45) is -4.16. The number of alkyl halides is 6. The average molecular weight is 521 g/mol. The molecule has 10 heteroatoms. The van der Waals surface area contributed by atoms with E-state index in [1.807, 2.05) is 0 Å². The Morgan fingerprint density at radius 1 is 0.972 bits per heavy atom. The molecule has 2 saturated carbocycles. The molecule has 2 aliphatic carbocycles. The maximum Gasteiger partial charge on any atom is 0.416 e. The van der Waals surface area contributed by atoms with E-state index < -0.39 is 34.5 Å². The van der Waals surface area contributed by atoms with E-state index in [1.54, 1.807) is 6.92 Å². The van der Waals surface area contributed by atoms with E-state index in [9.17, 15) is 36.2 Å². The molecule has 0 radical (unpaired) electrons. The first-order valence-corrected chi connectivity index (χ1v) is 12.7. The van der Waals surface area contributed by atoms with Gasteiger partial charge in [0.1, 0.15) is 0 Å². The van der Waals surface area contributed by atoms with Gasteiger partial charge < -0.3 is 15.3 Å². The standard InChI is InChI=1S/C26H34F6N2O2/c1-23(36)6-4-18(5-7-23)14-34(22(35)24(8-9-33-16-24)13-17-2-3-17)15-19-10-20(25(27,28)29)12-21(11-19)26(30,31)32/h10-12,17-18,33,36H,2-9,13-16H2,1H3. The molecule has 4 nitrogen and oxygen atoms in total. The molecule has 1 amide bonds. The van der Waals surface area contributed by atoms with E-state index in [0.29, 0.717) is 57.5 Å². The normalized spacial score (nSPS) is 29.4. The maximum absolute atomic E-state index is 14.0. The van der Waals surface area contributed by atoms with Crippen molar-refractivity contribution in [3.05, 3.63) is 34.9 Å². The van der Waals surface area contributed by atoms with Gasteiger partial charge in [0.05, 0.1) is 22.1 Å². The fourth-order valence-corrected chi connectivity index (χ4v) is 5.74. The average Bonchev–Trinajstić information content (AvgIpc) is 3.46. The van der Waals surface area contributed by atoms with Crippen molar-refractivity contribution >= 4 is 5.91 Å². The number of halogens is 6. The molecule has 1 atom stereocenters. The Balaban J connectivity index is 1.65. The Kier molecular flexibility index (Phi) is 7.43. The van der Waals surface area contributed by atoms with Crippen LogP contribution < -0.4 is 5.32 Å². The molecule has 1 aromatic carbocycles. The van der Waals surface area contributed by atoms with E-state index in [4.69, 9.17) is 0 Å². The second kappa shape index (κ2) is 9.82. The van der Waals surface area contributed by atoms with Gasteiger partial charge in [0.2, 0.25) is 5.91 Å². The highest BCUT2D eigenvalue weighted by Crippen LogP contribution is 2.45. The first kappa shape index (κ1) is 27.2. The third kappa shape index (κ3) is 6.54. The number of rotatable bonds is 7. The summed E-state index contributed by atoms with van der Waals surface area (Å²) < 4.78 is 80.7. The Bertz CT molecular complexity index is 906. The minimum atomic E-state index is -4.94. The van der Waals surface area contributed by atoms with Crippen LogP contribution in [0.3, 0.4) is 0 Å². The predicted molar refractivity (Wildman–Crippen MR) is 122 cm³/mol. The van der Waals surface area contributed by atoms with Gasteiger partial charge in [-0.05, 0) is 87.6 Å². The van der Waals surface area contributed by atoms with Crippen LogP contribution in [-0.2, 0) is 23.7 Å². The SMILES string of the molecule is CC1(O)CCC(CN(Cc2cc(C(F)(F)F)cc(C(F)(F)F)c2)C(=O)C2(CC3CC3)CCNC2)CC1. The minimum Gasteiger partial charge on any atom is -0.390 e. The lowest BCUT2D eigenvalue weighted by molar-refractivity contribution is -0.143. The second-order valence-electron chi connectivity index (χ2n) is 11.4. The van der Waals surface area contributed by atoms with Crippen molar-refractivity contribution in [1.82, 2.24) is 10.2 Å². The second-order valence-corrected chi connectivity index (χ2v) is 11.4. The van der Waals surface area contributed by atoms with Gasteiger partial charge in [-0.25, -0.2) is 0 Å². The zero-order valence-electron chi connectivity index (χ0n) is 20.4. The molecule has 1 aliphatic heterocycles. The summed E-state index contributed by atoms with van der Waals surface area (Å²) in [5.41, 5.74) is -4.40. The van der Waals surface area contributed by atoms with Gasteiger partial charge in [-0.15, -0.1) is 0 Å². The lowest BCUT2D eigenvalue weighted by atomic mass is 9.78. The molecular weight excluding hydrogens is 486 g/mol. The quantitative estimate of drug-likeness (QED) is 0.449. The van der Waals surface area contributed by atoms with Crippen LogP contribution in [0.25, 0.3) is 0 Å². The van der Waals surface area contributed by atoms with Gasteiger partial charge in [-0.2, -0.15) is 26.3 Å². The van der Waals surface area contributed by atoms with E-state index in [2.05, 4.69) is 5.32 Å². The molecule has 1 aromatic rings. The summed E-state index contributed by atoms with van der Waals surface area (Å²) in [7, 11) is 0. The highest BCUT2D eigenvalue weighted by Gasteiger charge is 2.47. The number of carbonyl (C=O) groups excluding carboxylic acids is 1. The molecule has 3 aliphatic rings. The summed E-state index contributed by atoms with van der Waals surface area (Å²) in [6.45, 7) is 2.81. The minimum absolute atomic E-state index is 0.0226. The number of hydrogen-bond acceptors (Lipinski definition) is 3. The summed E-state index contributed by atoms with van der Waals surface area (Å²) in [5, 5.41) is 13.5. The Morgan fingerprint density at radius 2 is 1.56 bits per heavy atom. The zero-order chi connectivity index (χ0) is 26.4. The molecule has 1 saturated heterocycles. The predicted octanol–water partition coefficient (Wildman–Crippen LogP) is 5.77. The van der Waals surface area contributed by atoms with Crippen molar-refractivity contribution in [3.8, 4) is 0 Å². The topological polar surface area (TPSA) is 52.6 Å². The van der Waals surface area contributed by atoms with Crippen molar-refractivity contribution in [2.75, 3.05) is 19.6 Å². The Hall–Kier alpha value is -1.81. The Labute approximate surface area is 207 Å². The molecule has 0 bridgehead atoms. The highest BCUT2D eigenvalue weighted by molar-refractivity contribution is 5.83. The van der Waals surface area contributed by atoms with Crippen LogP contribution in [0, 0.1) is 17.3 Å². The van der Waals surface area contributed by atoms with Gasteiger partial charge in [-0.3, -0.25) is 4.79 Å². The van der Waals surface area contributed by atoms with Gasteiger partial charge in [-0.1, -0.05) is 12.8 Å². The monoisotopic (exact) mass is 520 g/mol. The van der Waals surface area contributed by atoms with Crippen molar-refractivity contribution in [1.29, 1.82) is 0 Å².